The summed E-state index contributed by atoms with van der Waals surface area (Å²) in [5.41, 5.74) is 0.553. The highest BCUT2D eigenvalue weighted by Gasteiger charge is 2.00. The van der Waals surface area contributed by atoms with Crippen LogP contribution in [0.1, 0.15) is 0 Å². The van der Waals surface area contributed by atoms with Crippen LogP contribution in [0, 0.1) is 6.57 Å². The predicted octanol–water partition coefficient (Wildman–Crippen LogP) is 1.73. The first kappa shape index (κ1) is 6.30. The maximum absolute atomic E-state index is 6.64. The average molecular weight is 186 g/mol. The standard InChI is InChI=1S/C5H4BrN3/c1-7-4-3-9(2)8-5(4)6/h3H,2H3. The Hall–Kier alpha value is -0.820. The molecular weight excluding hydrogens is 182 g/mol. The summed E-state index contributed by atoms with van der Waals surface area (Å²) in [7, 11) is 1.78. The normalized spacial score (nSPS) is 9.00. The van der Waals surface area contributed by atoms with Crippen LogP contribution in [0.25, 0.3) is 4.85 Å². The molecule has 0 aliphatic rings. The Morgan fingerprint density at radius 3 is 2.78 bits per heavy atom. The summed E-state index contributed by atoms with van der Waals surface area (Å²) in [6.45, 7) is 6.64. The lowest BCUT2D eigenvalue weighted by molar-refractivity contribution is 0.761. The Morgan fingerprint density at radius 1 is 1.89 bits per heavy atom. The fourth-order valence-corrected chi connectivity index (χ4v) is 0.965. The molecule has 1 rings (SSSR count). The molecule has 4 heteroatoms. The average Bonchev–Trinajstić information content (AvgIpc) is 2.10. The van der Waals surface area contributed by atoms with Gasteiger partial charge in [0.25, 0.3) is 0 Å². The lowest BCUT2D eigenvalue weighted by Crippen LogP contribution is -1.84. The van der Waals surface area contributed by atoms with E-state index < -0.39 is 0 Å². The van der Waals surface area contributed by atoms with E-state index >= 15 is 0 Å². The monoisotopic (exact) mass is 185 g/mol. The van der Waals surface area contributed by atoms with Gasteiger partial charge in [-0.15, -0.1) is 0 Å². The summed E-state index contributed by atoms with van der Waals surface area (Å²) >= 11 is 3.13. The van der Waals surface area contributed by atoms with E-state index in [2.05, 4.69) is 25.9 Å². The fourth-order valence-electron chi connectivity index (χ4n) is 0.524. The lowest BCUT2D eigenvalue weighted by Gasteiger charge is -1.79. The summed E-state index contributed by atoms with van der Waals surface area (Å²) in [5, 5.41) is 3.90. The van der Waals surface area contributed by atoms with E-state index in [1.165, 1.54) is 0 Å². The zero-order valence-corrected chi connectivity index (χ0v) is 6.38. The third kappa shape index (κ3) is 1.11. The molecule has 1 aromatic heterocycles. The number of halogens is 1. The summed E-state index contributed by atoms with van der Waals surface area (Å²) in [4.78, 5) is 3.21. The summed E-state index contributed by atoms with van der Waals surface area (Å²) in [6.07, 6.45) is 1.66. The zero-order chi connectivity index (χ0) is 6.85. The smallest absolute Gasteiger partial charge is 0.238 e. The molecule has 0 saturated carbocycles. The van der Waals surface area contributed by atoms with Crippen LogP contribution in [0.4, 0.5) is 5.69 Å². The number of hydrogen-bond donors (Lipinski definition) is 0. The van der Waals surface area contributed by atoms with Crippen LogP contribution >= 0.6 is 15.9 Å². The molecule has 0 N–H and O–H groups in total. The Labute approximate surface area is 61.2 Å². The quantitative estimate of drug-likeness (QED) is 0.565. The van der Waals surface area contributed by atoms with Crippen LogP contribution in [0.15, 0.2) is 10.8 Å². The van der Waals surface area contributed by atoms with Gasteiger partial charge in [0.15, 0.2) is 0 Å². The molecule has 0 aliphatic carbocycles. The van der Waals surface area contributed by atoms with Crippen molar-refractivity contribution in [1.82, 2.24) is 9.78 Å². The Bertz CT molecular complexity index is 258. The van der Waals surface area contributed by atoms with Gasteiger partial charge < -0.3 is 0 Å². The lowest BCUT2D eigenvalue weighted by atomic mass is 10.6. The third-order valence-electron chi connectivity index (χ3n) is 0.886. The molecule has 3 nitrogen and oxygen atoms in total. The van der Waals surface area contributed by atoms with Crippen molar-refractivity contribution in [3.05, 3.63) is 22.2 Å². The summed E-state index contributed by atoms with van der Waals surface area (Å²) in [6, 6.07) is 0. The van der Waals surface area contributed by atoms with E-state index in [1.54, 1.807) is 17.9 Å². The first-order valence-electron chi connectivity index (χ1n) is 2.30. The van der Waals surface area contributed by atoms with Gasteiger partial charge in [-0.25, -0.2) is 4.85 Å². The van der Waals surface area contributed by atoms with Gasteiger partial charge in [-0.3, -0.25) is 4.68 Å². The first-order chi connectivity index (χ1) is 4.24. The molecule has 9 heavy (non-hydrogen) atoms. The van der Waals surface area contributed by atoms with Crippen LogP contribution in [-0.2, 0) is 7.05 Å². The van der Waals surface area contributed by atoms with Crippen molar-refractivity contribution in [3.8, 4) is 0 Å². The maximum atomic E-state index is 6.64. The van der Waals surface area contributed by atoms with Gasteiger partial charge in [0.05, 0.1) is 6.57 Å². The minimum Gasteiger partial charge on any atom is -0.286 e. The molecule has 0 unspecified atom stereocenters. The molecule has 0 amide bonds. The Balaban J connectivity index is 3.20. The predicted molar refractivity (Wildman–Crippen MR) is 37.2 cm³/mol. The van der Waals surface area contributed by atoms with E-state index in [0.29, 0.717) is 10.3 Å². The highest BCUT2D eigenvalue weighted by Crippen LogP contribution is 2.21. The van der Waals surface area contributed by atoms with Gasteiger partial charge in [-0.05, 0) is 15.9 Å². The highest BCUT2D eigenvalue weighted by molar-refractivity contribution is 9.10. The SMILES string of the molecule is [C-]#[N+]c1cn(C)nc1Br. The van der Waals surface area contributed by atoms with Crippen molar-refractivity contribution in [3.63, 3.8) is 0 Å². The molecule has 0 spiro atoms. The number of aryl methyl sites for hydroxylation is 1. The van der Waals surface area contributed by atoms with Gasteiger partial charge in [0, 0.05) is 13.2 Å². The topological polar surface area (TPSA) is 22.2 Å². The maximum Gasteiger partial charge on any atom is 0.238 e. The van der Waals surface area contributed by atoms with Crippen LogP contribution in [0.3, 0.4) is 0 Å². The second-order valence-corrected chi connectivity index (χ2v) is 2.34. The molecule has 0 saturated heterocycles. The largest absolute Gasteiger partial charge is 0.286 e. The van der Waals surface area contributed by atoms with Gasteiger partial charge in [-0.2, -0.15) is 5.10 Å². The first-order valence-corrected chi connectivity index (χ1v) is 3.10. The van der Waals surface area contributed by atoms with Gasteiger partial charge >= 0.3 is 0 Å². The van der Waals surface area contributed by atoms with Gasteiger partial charge in [-0.1, -0.05) is 0 Å². The third-order valence-corrected chi connectivity index (χ3v) is 1.45. The second-order valence-electron chi connectivity index (χ2n) is 1.59. The van der Waals surface area contributed by atoms with Crippen LogP contribution < -0.4 is 0 Å². The van der Waals surface area contributed by atoms with Crippen molar-refractivity contribution in [1.29, 1.82) is 0 Å². The van der Waals surface area contributed by atoms with E-state index in [1.807, 2.05) is 0 Å². The molecule has 0 radical (unpaired) electrons. The molecule has 0 atom stereocenters. The minimum absolute atomic E-state index is 0.553. The molecule has 0 bridgehead atoms. The van der Waals surface area contributed by atoms with Crippen LogP contribution in [-0.4, -0.2) is 9.78 Å². The van der Waals surface area contributed by atoms with Crippen molar-refractivity contribution in [2.45, 2.75) is 0 Å². The van der Waals surface area contributed by atoms with E-state index in [4.69, 9.17) is 6.57 Å². The van der Waals surface area contributed by atoms with Crippen molar-refractivity contribution >= 4 is 21.6 Å². The number of rotatable bonds is 0. The Morgan fingerprint density at radius 2 is 2.56 bits per heavy atom. The summed E-state index contributed by atoms with van der Waals surface area (Å²) < 4.78 is 2.21. The van der Waals surface area contributed by atoms with Crippen LogP contribution in [0.5, 0.6) is 0 Å². The van der Waals surface area contributed by atoms with E-state index in [0.717, 1.165) is 0 Å². The number of aromatic nitrogens is 2. The molecular formula is C5H4BrN3. The fraction of sp³-hybridized carbons (Fsp3) is 0.200. The van der Waals surface area contributed by atoms with Gasteiger partial charge in [0.1, 0.15) is 4.60 Å². The van der Waals surface area contributed by atoms with Crippen molar-refractivity contribution in [2.24, 2.45) is 7.05 Å². The van der Waals surface area contributed by atoms with Crippen LogP contribution in [0.2, 0.25) is 0 Å². The zero-order valence-electron chi connectivity index (χ0n) is 4.80. The van der Waals surface area contributed by atoms with Crippen molar-refractivity contribution in [2.75, 3.05) is 0 Å². The molecule has 1 aromatic rings. The molecule has 0 aliphatic heterocycles. The molecule has 46 valence electrons. The molecule has 0 fully saturated rings. The Kier molecular flexibility index (Phi) is 1.54. The van der Waals surface area contributed by atoms with Crippen molar-refractivity contribution < 1.29 is 0 Å². The summed E-state index contributed by atoms with van der Waals surface area (Å²) in [5.74, 6) is 0. The molecule has 1 heterocycles. The number of nitrogens with zero attached hydrogens (tertiary/aromatic N) is 3. The van der Waals surface area contributed by atoms with E-state index in [-0.39, 0.29) is 0 Å². The van der Waals surface area contributed by atoms with E-state index in [9.17, 15) is 0 Å². The van der Waals surface area contributed by atoms with Gasteiger partial charge in [0.2, 0.25) is 5.69 Å². The second kappa shape index (κ2) is 2.19. The minimum atomic E-state index is 0.553. The number of hydrogen-bond acceptors (Lipinski definition) is 1. The highest BCUT2D eigenvalue weighted by atomic mass is 79.9. The molecule has 0 aromatic carbocycles.